The summed E-state index contributed by atoms with van der Waals surface area (Å²) in [6, 6.07) is 2.93. The number of piperidine rings is 1. The van der Waals surface area contributed by atoms with Crippen molar-refractivity contribution in [3.63, 3.8) is 0 Å². The Morgan fingerprint density at radius 1 is 1.45 bits per heavy atom. The molecule has 2 fully saturated rings. The van der Waals surface area contributed by atoms with Gasteiger partial charge in [0.05, 0.1) is 12.2 Å². The van der Waals surface area contributed by atoms with Crippen LogP contribution in [0.4, 0.5) is 15.0 Å². The van der Waals surface area contributed by atoms with Crippen molar-refractivity contribution in [2.45, 2.75) is 18.9 Å². The number of nitrogens with zero attached hydrogens (tertiary/aromatic N) is 3. The van der Waals surface area contributed by atoms with Gasteiger partial charge in [0, 0.05) is 19.6 Å². The second kappa shape index (κ2) is 5.36. The number of rotatable bonds is 1. The van der Waals surface area contributed by atoms with Crippen LogP contribution in [0, 0.1) is 11.7 Å². The molecule has 108 valence electrons. The molecule has 2 saturated heterocycles. The van der Waals surface area contributed by atoms with E-state index in [4.69, 9.17) is 0 Å². The monoisotopic (exact) mass is 278 g/mol. The molecule has 2 aliphatic rings. The third kappa shape index (κ3) is 2.60. The molecule has 2 aliphatic heterocycles. The maximum absolute atomic E-state index is 12.8. The van der Waals surface area contributed by atoms with Gasteiger partial charge in [0.2, 0.25) is 0 Å². The molecule has 1 aromatic rings. The number of halogens is 1. The van der Waals surface area contributed by atoms with Gasteiger partial charge in [-0.05, 0) is 37.9 Å². The lowest BCUT2D eigenvalue weighted by Crippen LogP contribution is -2.50. The van der Waals surface area contributed by atoms with Crippen molar-refractivity contribution in [1.29, 1.82) is 0 Å². The van der Waals surface area contributed by atoms with E-state index in [1.54, 1.807) is 0 Å². The molecule has 2 atom stereocenters. The number of pyridine rings is 1. The lowest BCUT2D eigenvalue weighted by Gasteiger charge is -2.36. The number of fused-ring (bicyclic) bond motifs is 1. The summed E-state index contributed by atoms with van der Waals surface area (Å²) in [5.74, 6) is 0.559. The SMILES string of the molecule is CN1C[C@@H]2CCCN(C(=O)Nc3ccc(F)cn3)[C@@H]2C1. The first kappa shape index (κ1) is 13.3. The predicted molar refractivity (Wildman–Crippen MR) is 73.9 cm³/mol. The van der Waals surface area contributed by atoms with Crippen LogP contribution < -0.4 is 5.32 Å². The highest BCUT2D eigenvalue weighted by molar-refractivity contribution is 5.88. The van der Waals surface area contributed by atoms with Gasteiger partial charge in [-0.25, -0.2) is 14.2 Å². The van der Waals surface area contributed by atoms with Gasteiger partial charge in [0.15, 0.2) is 0 Å². The van der Waals surface area contributed by atoms with E-state index >= 15 is 0 Å². The Morgan fingerprint density at radius 2 is 2.30 bits per heavy atom. The first-order valence-corrected chi connectivity index (χ1v) is 7.01. The van der Waals surface area contributed by atoms with E-state index in [1.807, 2.05) is 4.90 Å². The van der Waals surface area contributed by atoms with Crippen LogP contribution in [0.25, 0.3) is 0 Å². The van der Waals surface area contributed by atoms with Crippen molar-refractivity contribution in [3.05, 3.63) is 24.1 Å². The number of amides is 2. The zero-order valence-corrected chi connectivity index (χ0v) is 11.6. The summed E-state index contributed by atoms with van der Waals surface area (Å²) in [6.45, 7) is 2.76. The van der Waals surface area contributed by atoms with Gasteiger partial charge in [0.1, 0.15) is 11.6 Å². The molecule has 0 spiro atoms. The van der Waals surface area contributed by atoms with Crippen LogP contribution in [0.15, 0.2) is 18.3 Å². The third-order valence-corrected chi connectivity index (χ3v) is 4.19. The van der Waals surface area contributed by atoms with E-state index in [0.29, 0.717) is 11.7 Å². The van der Waals surface area contributed by atoms with E-state index in [1.165, 1.54) is 18.6 Å². The highest BCUT2D eigenvalue weighted by Gasteiger charge is 2.39. The third-order valence-electron chi connectivity index (χ3n) is 4.19. The predicted octanol–water partition coefficient (Wildman–Crippen LogP) is 1.78. The maximum atomic E-state index is 12.8. The molecule has 2 amide bonds. The largest absolute Gasteiger partial charge is 0.323 e. The molecule has 3 heterocycles. The Balaban J connectivity index is 1.68. The molecule has 0 saturated carbocycles. The van der Waals surface area contributed by atoms with Crippen LogP contribution in [0.3, 0.4) is 0 Å². The molecule has 0 bridgehead atoms. The lowest BCUT2D eigenvalue weighted by molar-refractivity contribution is 0.146. The molecule has 0 aliphatic carbocycles. The minimum atomic E-state index is -0.404. The van der Waals surface area contributed by atoms with Gasteiger partial charge in [0.25, 0.3) is 0 Å². The summed E-state index contributed by atoms with van der Waals surface area (Å²) >= 11 is 0. The van der Waals surface area contributed by atoms with E-state index < -0.39 is 5.82 Å². The Hall–Kier alpha value is -1.69. The standard InChI is InChI=1S/C14H19FN4O/c1-18-8-10-3-2-6-19(12(10)9-18)14(20)17-13-5-4-11(15)7-16-13/h4-5,7,10,12H,2-3,6,8-9H2,1H3,(H,16,17,20)/t10-,12+/m0/s1. The average Bonchev–Trinajstić information content (AvgIpc) is 2.81. The molecule has 0 radical (unpaired) electrons. The highest BCUT2D eigenvalue weighted by atomic mass is 19.1. The Labute approximate surface area is 117 Å². The van der Waals surface area contributed by atoms with Crippen LogP contribution in [0.1, 0.15) is 12.8 Å². The molecule has 20 heavy (non-hydrogen) atoms. The van der Waals surface area contributed by atoms with Crippen molar-refractivity contribution >= 4 is 11.8 Å². The average molecular weight is 278 g/mol. The number of likely N-dealkylation sites (N-methyl/N-ethyl adjacent to an activating group) is 1. The number of carbonyl (C=O) groups excluding carboxylic acids is 1. The molecule has 0 aromatic carbocycles. The molecule has 5 nitrogen and oxygen atoms in total. The number of anilines is 1. The molecule has 6 heteroatoms. The van der Waals surface area contributed by atoms with E-state index in [2.05, 4.69) is 22.2 Å². The molecule has 1 aromatic heterocycles. The second-order valence-corrected chi connectivity index (χ2v) is 5.68. The number of hydrogen-bond donors (Lipinski definition) is 1. The molecular weight excluding hydrogens is 259 g/mol. The van der Waals surface area contributed by atoms with Gasteiger partial charge in [-0.15, -0.1) is 0 Å². The van der Waals surface area contributed by atoms with Crippen LogP contribution in [0.2, 0.25) is 0 Å². The Bertz CT molecular complexity index is 492. The number of urea groups is 1. The van der Waals surface area contributed by atoms with E-state index in [9.17, 15) is 9.18 Å². The smallest absolute Gasteiger partial charge is 0.320 e. The normalized spacial score (nSPS) is 26.4. The van der Waals surface area contributed by atoms with E-state index in [0.717, 1.165) is 32.3 Å². The Kier molecular flexibility index (Phi) is 3.56. The fourth-order valence-electron chi connectivity index (χ4n) is 3.27. The van der Waals surface area contributed by atoms with Crippen LogP contribution in [-0.2, 0) is 0 Å². The van der Waals surface area contributed by atoms with Gasteiger partial charge in [-0.3, -0.25) is 5.32 Å². The zero-order chi connectivity index (χ0) is 14.1. The quantitative estimate of drug-likeness (QED) is 0.852. The maximum Gasteiger partial charge on any atom is 0.323 e. The minimum absolute atomic E-state index is 0.130. The zero-order valence-electron chi connectivity index (χ0n) is 11.6. The first-order valence-electron chi connectivity index (χ1n) is 7.01. The number of carbonyl (C=O) groups is 1. The van der Waals surface area contributed by atoms with Crippen molar-refractivity contribution < 1.29 is 9.18 Å². The summed E-state index contributed by atoms with van der Waals surface area (Å²) < 4.78 is 12.8. The number of hydrogen-bond acceptors (Lipinski definition) is 3. The van der Waals surface area contributed by atoms with E-state index in [-0.39, 0.29) is 12.1 Å². The fourth-order valence-corrected chi connectivity index (χ4v) is 3.27. The van der Waals surface area contributed by atoms with Gasteiger partial charge < -0.3 is 9.80 Å². The summed E-state index contributed by atoms with van der Waals surface area (Å²) in [5.41, 5.74) is 0. The molecule has 0 unspecified atom stereocenters. The number of aromatic nitrogens is 1. The van der Waals surface area contributed by atoms with Crippen molar-refractivity contribution in [1.82, 2.24) is 14.8 Å². The van der Waals surface area contributed by atoms with Gasteiger partial charge in [-0.2, -0.15) is 0 Å². The summed E-state index contributed by atoms with van der Waals surface area (Å²) in [4.78, 5) is 20.4. The van der Waals surface area contributed by atoms with Crippen molar-refractivity contribution in [3.8, 4) is 0 Å². The van der Waals surface area contributed by atoms with Crippen molar-refractivity contribution in [2.24, 2.45) is 5.92 Å². The summed E-state index contributed by atoms with van der Waals surface area (Å²) in [5, 5.41) is 2.76. The number of likely N-dealkylation sites (tertiary alicyclic amines) is 2. The summed E-state index contributed by atoms with van der Waals surface area (Å²) in [6.07, 6.45) is 3.34. The van der Waals surface area contributed by atoms with Crippen LogP contribution in [0.5, 0.6) is 0 Å². The van der Waals surface area contributed by atoms with Crippen LogP contribution >= 0.6 is 0 Å². The topological polar surface area (TPSA) is 48.5 Å². The molecule has 1 N–H and O–H groups in total. The lowest BCUT2D eigenvalue weighted by atomic mass is 9.92. The van der Waals surface area contributed by atoms with Crippen LogP contribution in [-0.4, -0.2) is 53.5 Å². The summed E-state index contributed by atoms with van der Waals surface area (Å²) in [7, 11) is 2.09. The fraction of sp³-hybridized carbons (Fsp3) is 0.571. The first-order chi connectivity index (χ1) is 9.63. The highest BCUT2D eigenvalue weighted by Crippen LogP contribution is 2.30. The van der Waals surface area contributed by atoms with Gasteiger partial charge >= 0.3 is 6.03 Å². The Morgan fingerprint density at radius 3 is 3.05 bits per heavy atom. The molecule has 3 rings (SSSR count). The molecular formula is C14H19FN4O. The second-order valence-electron chi connectivity index (χ2n) is 5.68. The minimum Gasteiger partial charge on any atom is -0.320 e. The number of nitrogens with one attached hydrogen (secondary N) is 1. The van der Waals surface area contributed by atoms with Gasteiger partial charge in [-0.1, -0.05) is 0 Å². The van der Waals surface area contributed by atoms with Crippen molar-refractivity contribution in [2.75, 3.05) is 32.0 Å².